The van der Waals surface area contributed by atoms with Crippen LogP contribution in [0.2, 0.25) is 0 Å². The summed E-state index contributed by atoms with van der Waals surface area (Å²) >= 11 is 0. The molecule has 3 rings (SSSR count). The number of pyridine rings is 1. The topological polar surface area (TPSA) is 69.0 Å². The van der Waals surface area contributed by atoms with E-state index in [0.29, 0.717) is 24.0 Å². The summed E-state index contributed by atoms with van der Waals surface area (Å²) in [6.07, 6.45) is 3.32. The molecule has 2 aromatic rings. The molecule has 0 bridgehead atoms. The van der Waals surface area contributed by atoms with E-state index < -0.39 is 17.5 Å². The van der Waals surface area contributed by atoms with Crippen molar-refractivity contribution in [3.63, 3.8) is 0 Å². The van der Waals surface area contributed by atoms with Gasteiger partial charge in [-0.2, -0.15) is 5.26 Å². The highest BCUT2D eigenvalue weighted by Gasteiger charge is 2.23. The van der Waals surface area contributed by atoms with Gasteiger partial charge in [-0.05, 0) is 43.0 Å². The number of nitrogens with zero attached hydrogens (tertiary/aromatic N) is 3. The van der Waals surface area contributed by atoms with Gasteiger partial charge in [0.15, 0.2) is 0 Å². The Morgan fingerprint density at radius 1 is 1.31 bits per heavy atom. The molecule has 1 saturated heterocycles. The first kappa shape index (κ1) is 17.8. The normalized spacial score (nSPS) is 14.7. The number of nitrogens with one attached hydrogen (secondary N) is 1. The van der Waals surface area contributed by atoms with E-state index in [0.717, 1.165) is 38.1 Å². The quantitative estimate of drug-likeness (QED) is 0.915. The highest BCUT2D eigenvalue weighted by Crippen LogP contribution is 2.24. The van der Waals surface area contributed by atoms with Crippen LogP contribution in [0, 0.1) is 28.9 Å². The standard InChI is InChI=1S/C19H18F2N4O/c20-15-3-4-16(17(21)10-15)19(26)24-12-13-5-8-25(9-6-13)18-14(11-22)2-1-7-23-18/h1-4,7,10,13H,5-6,8-9,12H2,(H,24,26). The van der Waals surface area contributed by atoms with Gasteiger partial charge in [0.25, 0.3) is 5.91 Å². The van der Waals surface area contributed by atoms with Gasteiger partial charge in [0.2, 0.25) is 0 Å². The zero-order valence-corrected chi connectivity index (χ0v) is 14.1. The Labute approximate surface area is 150 Å². The van der Waals surface area contributed by atoms with E-state index in [4.69, 9.17) is 0 Å². The first-order valence-corrected chi connectivity index (χ1v) is 8.42. The number of benzene rings is 1. The number of anilines is 1. The molecule has 1 aromatic heterocycles. The molecule has 26 heavy (non-hydrogen) atoms. The van der Waals surface area contributed by atoms with Crippen LogP contribution in [-0.4, -0.2) is 30.5 Å². The van der Waals surface area contributed by atoms with Crippen molar-refractivity contribution < 1.29 is 13.6 Å². The van der Waals surface area contributed by atoms with Gasteiger partial charge in [0.05, 0.1) is 11.1 Å². The molecule has 1 N–H and O–H groups in total. The van der Waals surface area contributed by atoms with E-state index in [1.807, 2.05) is 0 Å². The Kier molecular flexibility index (Phi) is 5.42. The van der Waals surface area contributed by atoms with Crippen LogP contribution in [0.4, 0.5) is 14.6 Å². The van der Waals surface area contributed by atoms with Crippen LogP contribution >= 0.6 is 0 Å². The van der Waals surface area contributed by atoms with Gasteiger partial charge in [-0.25, -0.2) is 13.8 Å². The number of amides is 1. The third kappa shape index (κ3) is 3.97. The fraction of sp³-hybridized carbons (Fsp3) is 0.316. The lowest BCUT2D eigenvalue weighted by Gasteiger charge is -2.33. The summed E-state index contributed by atoms with van der Waals surface area (Å²) in [5.74, 6) is -1.17. The average Bonchev–Trinajstić information content (AvgIpc) is 2.66. The third-order valence-electron chi connectivity index (χ3n) is 4.55. The van der Waals surface area contributed by atoms with E-state index in [1.54, 1.807) is 18.3 Å². The summed E-state index contributed by atoms with van der Waals surface area (Å²) in [6.45, 7) is 1.89. The van der Waals surface area contributed by atoms with Crippen molar-refractivity contribution in [1.82, 2.24) is 10.3 Å². The molecule has 134 valence electrons. The number of carbonyl (C=O) groups excluding carboxylic acids is 1. The minimum atomic E-state index is -0.864. The predicted octanol–water partition coefficient (Wildman–Crippen LogP) is 2.88. The zero-order chi connectivity index (χ0) is 18.5. The zero-order valence-electron chi connectivity index (χ0n) is 14.1. The molecule has 0 spiro atoms. The Bertz CT molecular complexity index is 842. The van der Waals surface area contributed by atoms with Crippen LogP contribution in [0.1, 0.15) is 28.8 Å². The Balaban J connectivity index is 1.53. The lowest BCUT2D eigenvalue weighted by molar-refractivity contribution is 0.0940. The second-order valence-electron chi connectivity index (χ2n) is 6.25. The highest BCUT2D eigenvalue weighted by molar-refractivity contribution is 5.94. The van der Waals surface area contributed by atoms with E-state index in [-0.39, 0.29) is 11.5 Å². The van der Waals surface area contributed by atoms with Crippen molar-refractivity contribution in [3.05, 3.63) is 59.3 Å². The molecular weight excluding hydrogens is 338 g/mol. The molecule has 2 heterocycles. The first-order valence-electron chi connectivity index (χ1n) is 8.42. The number of piperidine rings is 1. The summed E-state index contributed by atoms with van der Waals surface area (Å²) < 4.78 is 26.6. The second-order valence-corrected chi connectivity index (χ2v) is 6.25. The molecule has 0 unspecified atom stereocenters. The fourth-order valence-electron chi connectivity index (χ4n) is 3.09. The lowest BCUT2D eigenvalue weighted by Crippen LogP contribution is -2.39. The molecule has 7 heteroatoms. The van der Waals surface area contributed by atoms with E-state index in [1.165, 1.54) is 0 Å². The van der Waals surface area contributed by atoms with Gasteiger partial charge >= 0.3 is 0 Å². The number of carbonyl (C=O) groups is 1. The Morgan fingerprint density at radius 3 is 2.77 bits per heavy atom. The van der Waals surface area contributed by atoms with Crippen LogP contribution in [0.15, 0.2) is 36.5 Å². The van der Waals surface area contributed by atoms with Gasteiger partial charge in [0.1, 0.15) is 23.5 Å². The summed E-state index contributed by atoms with van der Waals surface area (Å²) in [5.41, 5.74) is 0.391. The summed E-state index contributed by atoms with van der Waals surface area (Å²) in [7, 11) is 0. The van der Waals surface area contributed by atoms with E-state index in [2.05, 4.69) is 21.3 Å². The van der Waals surface area contributed by atoms with E-state index >= 15 is 0 Å². The Hall–Kier alpha value is -3.01. The maximum absolute atomic E-state index is 13.6. The van der Waals surface area contributed by atoms with Crippen molar-refractivity contribution in [2.75, 3.05) is 24.5 Å². The SMILES string of the molecule is N#Cc1cccnc1N1CCC(CNC(=O)c2ccc(F)cc2F)CC1. The summed E-state index contributed by atoms with van der Waals surface area (Å²) in [4.78, 5) is 18.4. The molecule has 1 amide bonds. The number of rotatable bonds is 4. The number of hydrogen-bond donors (Lipinski definition) is 1. The average molecular weight is 356 g/mol. The third-order valence-corrected chi connectivity index (χ3v) is 4.55. The van der Waals surface area contributed by atoms with Crippen LogP contribution in [0.25, 0.3) is 0 Å². The minimum Gasteiger partial charge on any atom is -0.356 e. The molecule has 1 fully saturated rings. The molecule has 0 aliphatic carbocycles. The van der Waals surface area contributed by atoms with Crippen LogP contribution < -0.4 is 10.2 Å². The smallest absolute Gasteiger partial charge is 0.254 e. The summed E-state index contributed by atoms with van der Waals surface area (Å²) in [6, 6.07) is 8.54. The van der Waals surface area contributed by atoms with Crippen molar-refractivity contribution in [2.45, 2.75) is 12.8 Å². The van der Waals surface area contributed by atoms with Crippen molar-refractivity contribution in [2.24, 2.45) is 5.92 Å². The molecule has 1 aromatic carbocycles. The maximum Gasteiger partial charge on any atom is 0.254 e. The Morgan fingerprint density at radius 2 is 2.08 bits per heavy atom. The van der Waals surface area contributed by atoms with Gasteiger partial charge in [0, 0.05) is 31.9 Å². The predicted molar refractivity (Wildman–Crippen MR) is 92.6 cm³/mol. The second kappa shape index (κ2) is 7.91. The van der Waals surface area contributed by atoms with Crippen LogP contribution in [-0.2, 0) is 0 Å². The van der Waals surface area contributed by atoms with Crippen LogP contribution in [0.3, 0.4) is 0 Å². The van der Waals surface area contributed by atoms with Crippen molar-refractivity contribution >= 4 is 11.7 Å². The fourth-order valence-corrected chi connectivity index (χ4v) is 3.09. The molecule has 1 aliphatic rings. The van der Waals surface area contributed by atoms with Gasteiger partial charge in [-0.1, -0.05) is 0 Å². The molecule has 5 nitrogen and oxygen atoms in total. The molecular formula is C19H18F2N4O. The monoisotopic (exact) mass is 356 g/mol. The lowest BCUT2D eigenvalue weighted by atomic mass is 9.96. The van der Waals surface area contributed by atoms with Gasteiger partial charge in [-0.15, -0.1) is 0 Å². The highest BCUT2D eigenvalue weighted by atomic mass is 19.1. The number of hydrogen-bond acceptors (Lipinski definition) is 4. The minimum absolute atomic E-state index is 0.156. The number of halogens is 2. The first-order chi connectivity index (χ1) is 12.6. The molecule has 1 aliphatic heterocycles. The van der Waals surface area contributed by atoms with Gasteiger partial charge < -0.3 is 10.2 Å². The molecule has 0 saturated carbocycles. The molecule has 0 radical (unpaired) electrons. The van der Waals surface area contributed by atoms with Gasteiger partial charge in [-0.3, -0.25) is 4.79 Å². The number of nitriles is 1. The molecule has 0 atom stereocenters. The summed E-state index contributed by atoms with van der Waals surface area (Å²) in [5, 5.41) is 11.9. The largest absolute Gasteiger partial charge is 0.356 e. The number of aromatic nitrogens is 1. The van der Waals surface area contributed by atoms with E-state index in [9.17, 15) is 18.8 Å². The van der Waals surface area contributed by atoms with Crippen molar-refractivity contribution in [3.8, 4) is 6.07 Å². The van der Waals surface area contributed by atoms with Crippen LogP contribution in [0.5, 0.6) is 0 Å². The maximum atomic E-state index is 13.6. The van der Waals surface area contributed by atoms with Crippen molar-refractivity contribution in [1.29, 1.82) is 5.26 Å².